The van der Waals surface area contributed by atoms with E-state index in [-0.39, 0.29) is 18.1 Å². The van der Waals surface area contributed by atoms with Crippen molar-refractivity contribution < 1.29 is 9.90 Å². The Balaban J connectivity index is 2.57. The molecule has 0 spiro atoms. The molecule has 0 fully saturated rings. The highest BCUT2D eigenvalue weighted by Gasteiger charge is 2.16. The number of nitrogens with zero attached hydrogens (tertiary/aromatic N) is 2. The Labute approximate surface area is 96.3 Å². The molecular weight excluding hydrogens is 204 g/mol. The van der Waals surface area contributed by atoms with E-state index in [1.165, 1.54) is 0 Å². The number of ketones is 1. The van der Waals surface area contributed by atoms with Gasteiger partial charge in [-0.05, 0) is 6.92 Å². The normalized spacial score (nSPS) is 14.8. The third-order valence-electron chi connectivity index (χ3n) is 2.63. The monoisotopic (exact) mass is 224 g/mol. The van der Waals surface area contributed by atoms with Crippen LogP contribution in [0.5, 0.6) is 0 Å². The fourth-order valence-corrected chi connectivity index (χ4v) is 1.71. The average molecular weight is 224 g/mol. The molecule has 2 atom stereocenters. The number of hydrogen-bond donors (Lipinski definition) is 1. The second kappa shape index (κ2) is 5.80. The van der Waals surface area contributed by atoms with Crippen molar-refractivity contribution in [3.05, 3.63) is 18.2 Å². The van der Waals surface area contributed by atoms with Gasteiger partial charge in [-0.15, -0.1) is 0 Å². The summed E-state index contributed by atoms with van der Waals surface area (Å²) < 4.78 is 2.00. The molecule has 1 aromatic rings. The molecule has 0 aliphatic carbocycles. The van der Waals surface area contributed by atoms with Gasteiger partial charge in [0.1, 0.15) is 11.6 Å². The SMILES string of the molecule is CCc1nccn1CC(C)C(=O)CC(C)O. The van der Waals surface area contributed by atoms with Gasteiger partial charge in [-0.1, -0.05) is 13.8 Å². The van der Waals surface area contributed by atoms with E-state index in [1.807, 2.05) is 24.6 Å². The molecule has 0 saturated heterocycles. The number of rotatable bonds is 6. The van der Waals surface area contributed by atoms with Crippen molar-refractivity contribution in [2.45, 2.75) is 46.3 Å². The fraction of sp³-hybridized carbons (Fsp3) is 0.667. The van der Waals surface area contributed by atoms with Crippen LogP contribution in [0.1, 0.15) is 33.0 Å². The maximum Gasteiger partial charge on any atom is 0.140 e. The highest BCUT2D eigenvalue weighted by atomic mass is 16.3. The van der Waals surface area contributed by atoms with Gasteiger partial charge in [0.25, 0.3) is 0 Å². The van der Waals surface area contributed by atoms with Crippen molar-refractivity contribution in [2.75, 3.05) is 0 Å². The van der Waals surface area contributed by atoms with Crippen LogP contribution >= 0.6 is 0 Å². The van der Waals surface area contributed by atoms with Crippen molar-refractivity contribution in [1.29, 1.82) is 0 Å². The maximum atomic E-state index is 11.7. The third-order valence-corrected chi connectivity index (χ3v) is 2.63. The molecule has 0 amide bonds. The van der Waals surface area contributed by atoms with Gasteiger partial charge in [-0.25, -0.2) is 4.98 Å². The highest BCUT2D eigenvalue weighted by Crippen LogP contribution is 2.09. The van der Waals surface area contributed by atoms with E-state index in [0.717, 1.165) is 12.2 Å². The van der Waals surface area contributed by atoms with Crippen LogP contribution in [-0.4, -0.2) is 26.5 Å². The highest BCUT2D eigenvalue weighted by molar-refractivity contribution is 5.80. The van der Waals surface area contributed by atoms with Crippen molar-refractivity contribution in [1.82, 2.24) is 9.55 Å². The minimum atomic E-state index is -0.552. The third kappa shape index (κ3) is 3.45. The first kappa shape index (κ1) is 12.9. The van der Waals surface area contributed by atoms with Gasteiger partial charge in [0.2, 0.25) is 0 Å². The van der Waals surface area contributed by atoms with Crippen LogP contribution in [-0.2, 0) is 17.8 Å². The Morgan fingerprint density at radius 3 is 2.81 bits per heavy atom. The second-order valence-electron chi connectivity index (χ2n) is 4.27. The van der Waals surface area contributed by atoms with Crippen LogP contribution in [0.15, 0.2) is 12.4 Å². The number of aliphatic hydroxyl groups is 1. The number of Topliss-reactive ketones (excluding diaryl/α,β-unsaturated/α-hetero) is 1. The largest absolute Gasteiger partial charge is 0.393 e. The molecule has 0 aliphatic rings. The standard InChI is InChI=1S/C12H20N2O2/c1-4-12-13-5-6-14(12)8-9(2)11(16)7-10(3)15/h5-6,9-10,15H,4,7-8H2,1-3H3. The minimum absolute atomic E-state index is 0.0749. The van der Waals surface area contributed by atoms with Crippen LogP contribution in [0.4, 0.5) is 0 Å². The van der Waals surface area contributed by atoms with Gasteiger partial charge in [0.05, 0.1) is 6.10 Å². The first-order valence-corrected chi connectivity index (χ1v) is 5.75. The maximum absolute atomic E-state index is 11.7. The minimum Gasteiger partial charge on any atom is -0.393 e. The van der Waals surface area contributed by atoms with Gasteiger partial charge in [-0.2, -0.15) is 0 Å². The number of hydrogen-bond acceptors (Lipinski definition) is 3. The predicted molar refractivity (Wildman–Crippen MR) is 62.1 cm³/mol. The average Bonchev–Trinajstić information content (AvgIpc) is 2.64. The summed E-state index contributed by atoms with van der Waals surface area (Å²) in [5.41, 5.74) is 0. The molecule has 1 heterocycles. The number of carbonyl (C=O) groups excluding carboxylic acids is 1. The number of imidazole rings is 1. The summed E-state index contributed by atoms with van der Waals surface area (Å²) in [5, 5.41) is 9.16. The van der Waals surface area contributed by atoms with Crippen LogP contribution < -0.4 is 0 Å². The lowest BCUT2D eigenvalue weighted by Gasteiger charge is -2.14. The summed E-state index contributed by atoms with van der Waals surface area (Å²) in [6.45, 7) is 6.22. The molecule has 0 aliphatic heterocycles. The molecule has 1 rings (SSSR count). The second-order valence-corrected chi connectivity index (χ2v) is 4.27. The number of aryl methyl sites for hydroxylation is 1. The molecule has 0 saturated carbocycles. The van der Waals surface area contributed by atoms with Crippen molar-refractivity contribution in [3.8, 4) is 0 Å². The van der Waals surface area contributed by atoms with Gasteiger partial charge < -0.3 is 9.67 Å². The van der Waals surface area contributed by atoms with E-state index < -0.39 is 6.10 Å². The zero-order valence-corrected chi connectivity index (χ0v) is 10.2. The lowest BCUT2D eigenvalue weighted by molar-refractivity contribution is -0.124. The quantitative estimate of drug-likeness (QED) is 0.795. The van der Waals surface area contributed by atoms with Crippen molar-refractivity contribution in [2.24, 2.45) is 5.92 Å². The number of aromatic nitrogens is 2. The molecule has 0 aromatic carbocycles. The summed E-state index contributed by atoms with van der Waals surface area (Å²) in [5.74, 6) is 1.02. The van der Waals surface area contributed by atoms with Crippen LogP contribution in [0.2, 0.25) is 0 Å². The lowest BCUT2D eigenvalue weighted by atomic mass is 10.0. The van der Waals surface area contributed by atoms with Gasteiger partial charge in [0.15, 0.2) is 0 Å². The molecule has 4 heteroatoms. The van der Waals surface area contributed by atoms with Crippen molar-refractivity contribution >= 4 is 5.78 Å². The van der Waals surface area contributed by atoms with Crippen LogP contribution in [0, 0.1) is 5.92 Å². The van der Waals surface area contributed by atoms with Crippen LogP contribution in [0.3, 0.4) is 0 Å². The Bertz CT molecular complexity index is 345. The molecule has 1 aromatic heterocycles. The van der Waals surface area contributed by atoms with Gasteiger partial charge >= 0.3 is 0 Å². The van der Waals surface area contributed by atoms with Gasteiger partial charge in [0, 0.05) is 37.7 Å². The Morgan fingerprint density at radius 1 is 1.56 bits per heavy atom. The zero-order valence-electron chi connectivity index (χ0n) is 10.2. The molecular formula is C12H20N2O2. The van der Waals surface area contributed by atoms with E-state index >= 15 is 0 Å². The van der Waals surface area contributed by atoms with E-state index in [2.05, 4.69) is 4.98 Å². The first-order valence-electron chi connectivity index (χ1n) is 5.75. The summed E-state index contributed by atoms with van der Waals surface area (Å²) in [7, 11) is 0. The molecule has 1 N–H and O–H groups in total. The molecule has 16 heavy (non-hydrogen) atoms. The van der Waals surface area contributed by atoms with Crippen molar-refractivity contribution in [3.63, 3.8) is 0 Å². The molecule has 2 unspecified atom stereocenters. The summed E-state index contributed by atoms with van der Waals surface area (Å²) in [4.78, 5) is 15.9. The predicted octanol–water partition coefficient (Wildman–Crippen LogP) is 1.42. The first-order chi connectivity index (χ1) is 7.54. The summed E-state index contributed by atoms with van der Waals surface area (Å²) in [6.07, 6.45) is 4.19. The number of aliphatic hydroxyl groups excluding tert-OH is 1. The Hall–Kier alpha value is -1.16. The molecule has 0 radical (unpaired) electrons. The summed E-state index contributed by atoms with van der Waals surface area (Å²) in [6, 6.07) is 0. The van der Waals surface area contributed by atoms with E-state index in [0.29, 0.717) is 6.54 Å². The van der Waals surface area contributed by atoms with E-state index in [4.69, 9.17) is 5.11 Å². The van der Waals surface area contributed by atoms with Crippen LogP contribution in [0.25, 0.3) is 0 Å². The molecule has 4 nitrogen and oxygen atoms in total. The molecule has 90 valence electrons. The zero-order chi connectivity index (χ0) is 12.1. The summed E-state index contributed by atoms with van der Waals surface area (Å²) >= 11 is 0. The lowest BCUT2D eigenvalue weighted by Crippen LogP contribution is -2.21. The Kier molecular flexibility index (Phi) is 4.68. The van der Waals surface area contributed by atoms with E-state index in [9.17, 15) is 4.79 Å². The smallest absolute Gasteiger partial charge is 0.140 e. The van der Waals surface area contributed by atoms with Gasteiger partial charge in [-0.3, -0.25) is 4.79 Å². The Morgan fingerprint density at radius 2 is 2.25 bits per heavy atom. The number of carbonyl (C=O) groups is 1. The fourth-order valence-electron chi connectivity index (χ4n) is 1.71. The van der Waals surface area contributed by atoms with E-state index in [1.54, 1.807) is 13.1 Å². The topological polar surface area (TPSA) is 55.1 Å². The molecule has 0 bridgehead atoms.